The van der Waals surface area contributed by atoms with Gasteiger partial charge in [0.05, 0.1) is 13.3 Å². The topological polar surface area (TPSA) is 101 Å². The standard InChI is InChI=1S/C19H18ClN5O3/c1-12-18(26)22-19(25-23-12)24-21-10-13-7-8-16(17(9-13)27-2)28-11-14-5-3-4-6-15(14)20/h3-10H,11H2,1-2H3,(H2,22,24,25,26)/b21-10+. The third kappa shape index (κ3) is 4.86. The maximum atomic E-state index is 11.5. The predicted octanol–water partition coefficient (Wildman–Crippen LogP) is 3.16. The number of H-pyrrole nitrogens is 1. The Balaban J connectivity index is 1.67. The van der Waals surface area contributed by atoms with Crippen LogP contribution in [0, 0.1) is 6.92 Å². The number of rotatable bonds is 7. The summed E-state index contributed by atoms with van der Waals surface area (Å²) < 4.78 is 11.2. The number of nitrogens with zero attached hydrogens (tertiary/aromatic N) is 3. The molecule has 0 amide bonds. The minimum atomic E-state index is -0.325. The van der Waals surface area contributed by atoms with Crippen molar-refractivity contribution >= 4 is 23.8 Å². The molecule has 0 saturated heterocycles. The van der Waals surface area contributed by atoms with E-state index in [0.29, 0.717) is 23.1 Å². The van der Waals surface area contributed by atoms with Gasteiger partial charge in [0.1, 0.15) is 12.3 Å². The van der Waals surface area contributed by atoms with E-state index in [1.807, 2.05) is 30.3 Å². The summed E-state index contributed by atoms with van der Waals surface area (Å²) in [4.78, 5) is 14.0. The number of ether oxygens (including phenoxy) is 2. The largest absolute Gasteiger partial charge is 0.493 e. The van der Waals surface area contributed by atoms with Gasteiger partial charge in [-0.2, -0.15) is 5.10 Å². The van der Waals surface area contributed by atoms with Crippen LogP contribution in [0.4, 0.5) is 5.95 Å². The number of hydrazone groups is 1. The van der Waals surface area contributed by atoms with E-state index in [2.05, 4.69) is 25.7 Å². The maximum Gasteiger partial charge on any atom is 0.274 e. The van der Waals surface area contributed by atoms with Gasteiger partial charge >= 0.3 is 0 Å². The number of hydrogen-bond donors (Lipinski definition) is 2. The smallest absolute Gasteiger partial charge is 0.274 e. The third-order valence-electron chi connectivity index (χ3n) is 3.77. The van der Waals surface area contributed by atoms with E-state index >= 15 is 0 Å². The molecular formula is C19H18ClN5O3. The monoisotopic (exact) mass is 399 g/mol. The van der Waals surface area contributed by atoms with Crippen molar-refractivity contribution in [3.8, 4) is 11.5 Å². The first-order valence-corrected chi connectivity index (χ1v) is 8.71. The van der Waals surface area contributed by atoms with E-state index < -0.39 is 0 Å². The molecule has 0 saturated carbocycles. The number of aromatic amines is 1. The molecule has 3 rings (SSSR count). The van der Waals surface area contributed by atoms with Gasteiger partial charge < -0.3 is 9.47 Å². The van der Waals surface area contributed by atoms with E-state index in [1.54, 1.807) is 32.4 Å². The van der Waals surface area contributed by atoms with E-state index in [9.17, 15) is 4.79 Å². The van der Waals surface area contributed by atoms with Crippen LogP contribution in [0.3, 0.4) is 0 Å². The molecule has 144 valence electrons. The molecule has 2 N–H and O–H groups in total. The molecule has 0 bridgehead atoms. The molecule has 3 aromatic rings. The van der Waals surface area contributed by atoms with E-state index in [0.717, 1.165) is 11.1 Å². The van der Waals surface area contributed by atoms with Crippen LogP contribution in [-0.2, 0) is 6.61 Å². The highest BCUT2D eigenvalue weighted by Gasteiger charge is 2.07. The van der Waals surface area contributed by atoms with Gasteiger partial charge in [0.25, 0.3) is 5.56 Å². The van der Waals surface area contributed by atoms with Crippen molar-refractivity contribution in [2.75, 3.05) is 12.5 Å². The fraction of sp³-hybridized carbons (Fsp3) is 0.158. The number of aromatic nitrogens is 3. The Hall–Kier alpha value is -3.39. The summed E-state index contributed by atoms with van der Waals surface area (Å²) >= 11 is 6.15. The minimum Gasteiger partial charge on any atom is -0.493 e. The summed E-state index contributed by atoms with van der Waals surface area (Å²) in [5, 5.41) is 12.2. The minimum absolute atomic E-state index is 0.151. The average Bonchev–Trinajstić information content (AvgIpc) is 2.70. The van der Waals surface area contributed by atoms with Gasteiger partial charge in [-0.05, 0) is 36.8 Å². The second-order valence-corrected chi connectivity index (χ2v) is 6.16. The molecule has 0 spiro atoms. The van der Waals surface area contributed by atoms with Gasteiger partial charge in [-0.1, -0.05) is 29.8 Å². The number of aryl methyl sites for hydroxylation is 1. The molecule has 28 heavy (non-hydrogen) atoms. The van der Waals surface area contributed by atoms with E-state index in [1.165, 1.54) is 0 Å². The van der Waals surface area contributed by atoms with Gasteiger partial charge in [0.15, 0.2) is 11.5 Å². The average molecular weight is 400 g/mol. The van der Waals surface area contributed by atoms with Crippen molar-refractivity contribution in [3.05, 3.63) is 74.7 Å². The fourth-order valence-electron chi connectivity index (χ4n) is 2.27. The first kappa shape index (κ1) is 19.4. The molecule has 2 aromatic carbocycles. The lowest BCUT2D eigenvalue weighted by Gasteiger charge is -2.12. The number of benzene rings is 2. The Morgan fingerprint density at radius 3 is 2.79 bits per heavy atom. The zero-order valence-electron chi connectivity index (χ0n) is 15.3. The first-order chi connectivity index (χ1) is 13.6. The Labute approximate surface area is 166 Å². The van der Waals surface area contributed by atoms with Gasteiger partial charge in [-0.15, -0.1) is 10.2 Å². The lowest BCUT2D eigenvalue weighted by molar-refractivity contribution is 0.284. The molecule has 0 atom stereocenters. The molecule has 0 unspecified atom stereocenters. The van der Waals surface area contributed by atoms with Crippen molar-refractivity contribution in [1.29, 1.82) is 0 Å². The maximum absolute atomic E-state index is 11.5. The van der Waals surface area contributed by atoms with Gasteiger partial charge in [0, 0.05) is 10.6 Å². The predicted molar refractivity (Wildman–Crippen MR) is 107 cm³/mol. The number of methoxy groups -OCH3 is 1. The second kappa shape index (κ2) is 9.01. The second-order valence-electron chi connectivity index (χ2n) is 5.75. The van der Waals surface area contributed by atoms with Crippen molar-refractivity contribution in [1.82, 2.24) is 15.2 Å². The fourth-order valence-corrected chi connectivity index (χ4v) is 2.46. The van der Waals surface area contributed by atoms with E-state index in [4.69, 9.17) is 21.1 Å². The van der Waals surface area contributed by atoms with Gasteiger partial charge in [-0.3, -0.25) is 9.78 Å². The molecule has 0 aliphatic carbocycles. The molecule has 9 heteroatoms. The Morgan fingerprint density at radius 1 is 1.21 bits per heavy atom. The zero-order valence-corrected chi connectivity index (χ0v) is 16.0. The summed E-state index contributed by atoms with van der Waals surface area (Å²) in [5.74, 6) is 1.29. The van der Waals surface area contributed by atoms with Crippen LogP contribution < -0.4 is 20.5 Å². The highest BCUT2D eigenvalue weighted by molar-refractivity contribution is 6.31. The van der Waals surface area contributed by atoms with Crippen molar-refractivity contribution in [3.63, 3.8) is 0 Å². The Morgan fingerprint density at radius 2 is 2.04 bits per heavy atom. The van der Waals surface area contributed by atoms with Crippen LogP contribution in [0.1, 0.15) is 16.8 Å². The van der Waals surface area contributed by atoms with Gasteiger partial charge in [-0.25, -0.2) is 5.43 Å². The molecule has 0 fully saturated rings. The Kier molecular flexibility index (Phi) is 6.23. The van der Waals surface area contributed by atoms with Crippen molar-refractivity contribution in [2.45, 2.75) is 13.5 Å². The number of anilines is 1. The molecule has 8 nitrogen and oxygen atoms in total. The number of nitrogens with one attached hydrogen (secondary N) is 2. The molecule has 0 aliphatic rings. The molecule has 0 aliphatic heterocycles. The van der Waals surface area contributed by atoms with Crippen LogP contribution in [0.15, 0.2) is 52.4 Å². The van der Waals surface area contributed by atoms with Crippen LogP contribution in [0.25, 0.3) is 0 Å². The molecular weight excluding hydrogens is 382 g/mol. The highest BCUT2D eigenvalue weighted by atomic mass is 35.5. The van der Waals surface area contributed by atoms with E-state index in [-0.39, 0.29) is 17.2 Å². The van der Waals surface area contributed by atoms with Crippen LogP contribution in [-0.4, -0.2) is 28.5 Å². The van der Waals surface area contributed by atoms with Crippen molar-refractivity contribution < 1.29 is 9.47 Å². The lowest BCUT2D eigenvalue weighted by atomic mass is 10.2. The van der Waals surface area contributed by atoms with Crippen LogP contribution >= 0.6 is 11.6 Å². The van der Waals surface area contributed by atoms with Crippen LogP contribution in [0.2, 0.25) is 5.02 Å². The summed E-state index contributed by atoms with van der Waals surface area (Å²) in [6, 6.07) is 12.9. The third-order valence-corrected chi connectivity index (χ3v) is 4.14. The molecule has 1 heterocycles. The van der Waals surface area contributed by atoms with Crippen LogP contribution in [0.5, 0.6) is 11.5 Å². The number of halogens is 1. The quantitative estimate of drug-likeness (QED) is 0.467. The van der Waals surface area contributed by atoms with Gasteiger partial charge in [0.2, 0.25) is 5.95 Å². The SMILES string of the molecule is COc1cc(/C=N/Nc2nnc(C)c(=O)[nH]2)ccc1OCc1ccccc1Cl. The highest BCUT2D eigenvalue weighted by Crippen LogP contribution is 2.29. The summed E-state index contributed by atoms with van der Waals surface area (Å²) in [5.41, 5.74) is 4.22. The first-order valence-electron chi connectivity index (χ1n) is 8.33. The molecule has 1 aromatic heterocycles. The number of hydrogen-bond acceptors (Lipinski definition) is 7. The summed E-state index contributed by atoms with van der Waals surface area (Å²) in [6.07, 6.45) is 1.56. The summed E-state index contributed by atoms with van der Waals surface area (Å²) in [6.45, 7) is 1.89. The zero-order chi connectivity index (χ0) is 19.9. The normalized spacial score (nSPS) is 10.8. The summed E-state index contributed by atoms with van der Waals surface area (Å²) in [7, 11) is 1.56. The van der Waals surface area contributed by atoms with Crippen molar-refractivity contribution in [2.24, 2.45) is 5.10 Å². The lowest BCUT2D eigenvalue weighted by Crippen LogP contribution is -2.15. The molecule has 0 radical (unpaired) electrons. The Bertz CT molecular complexity index is 1050.